The van der Waals surface area contributed by atoms with Crippen molar-refractivity contribution in [2.24, 2.45) is 0 Å². The molecule has 1 aliphatic heterocycles. The monoisotopic (exact) mass is 474 g/mol. The van der Waals surface area contributed by atoms with Crippen LogP contribution < -0.4 is 15.5 Å². The predicted octanol–water partition coefficient (Wildman–Crippen LogP) is 2.18. The first-order chi connectivity index (χ1) is 15.9. The Hall–Kier alpha value is -3.14. The number of amides is 2. The van der Waals surface area contributed by atoms with E-state index in [1.807, 2.05) is 0 Å². The van der Waals surface area contributed by atoms with E-state index >= 15 is 0 Å². The zero-order valence-electron chi connectivity index (χ0n) is 18.3. The second kappa shape index (κ2) is 11.6. The van der Waals surface area contributed by atoms with Gasteiger partial charge in [-0.1, -0.05) is 17.7 Å². The van der Waals surface area contributed by atoms with Gasteiger partial charge in [-0.05, 0) is 36.4 Å². The largest absolute Gasteiger partial charge is 0.478 e. The van der Waals surface area contributed by atoms with Crippen LogP contribution in [0.25, 0.3) is 0 Å². The molecular weight excluding hydrogens is 448 g/mol. The molecule has 1 fully saturated rings. The fraction of sp³-hybridized carbons (Fsp3) is 0.348. The number of benzene rings is 2. The molecule has 3 N–H and O–H groups in total. The topological polar surface area (TPSA) is 111 Å². The molecule has 0 radical (unpaired) electrons. The lowest BCUT2D eigenvalue weighted by molar-refractivity contribution is -0.122. The smallest absolute Gasteiger partial charge is 0.337 e. The Labute approximate surface area is 197 Å². The number of halogens is 1. The number of rotatable bonds is 9. The molecule has 0 atom stereocenters. The van der Waals surface area contributed by atoms with Crippen molar-refractivity contribution in [1.82, 2.24) is 10.2 Å². The number of anilines is 2. The van der Waals surface area contributed by atoms with Gasteiger partial charge in [-0.2, -0.15) is 0 Å². The van der Waals surface area contributed by atoms with Gasteiger partial charge in [0.2, 0.25) is 5.91 Å². The van der Waals surface area contributed by atoms with Gasteiger partial charge in [0, 0.05) is 56.1 Å². The highest BCUT2D eigenvalue weighted by Crippen LogP contribution is 2.25. The molecule has 10 heteroatoms. The van der Waals surface area contributed by atoms with Gasteiger partial charge in [0.15, 0.2) is 0 Å². The zero-order valence-corrected chi connectivity index (χ0v) is 19.1. The molecule has 0 bridgehead atoms. The van der Waals surface area contributed by atoms with E-state index in [2.05, 4.69) is 20.4 Å². The highest BCUT2D eigenvalue weighted by atomic mass is 35.5. The number of carbonyl (C=O) groups is 3. The molecule has 1 aliphatic rings. The summed E-state index contributed by atoms with van der Waals surface area (Å²) >= 11 is 5.94. The third-order valence-electron chi connectivity index (χ3n) is 5.30. The molecule has 2 amide bonds. The average Bonchev–Trinajstić information content (AvgIpc) is 2.80. The first-order valence-corrected chi connectivity index (χ1v) is 10.9. The van der Waals surface area contributed by atoms with Gasteiger partial charge in [0.25, 0.3) is 5.91 Å². The quantitative estimate of drug-likeness (QED) is 0.477. The first-order valence-electron chi connectivity index (χ1n) is 10.5. The number of hydrogen-bond donors (Lipinski definition) is 3. The standard InChI is InChI=1S/C23H27ClN4O5/c1-33-12-7-25-21(29)15-27-8-10-28(11-9-27)18-5-6-20(19(14-18)23(31)32)26-22(30)16-3-2-4-17(24)13-16/h2-6,13-14H,7-12,15H2,1H3,(H,25,29)(H,26,30)(H,31,32). The molecule has 2 aromatic rings. The molecule has 3 rings (SSSR count). The van der Waals surface area contributed by atoms with Crippen molar-refractivity contribution < 1.29 is 24.2 Å². The Bertz CT molecular complexity index is 1010. The fourth-order valence-electron chi connectivity index (χ4n) is 3.55. The third kappa shape index (κ3) is 6.92. The minimum atomic E-state index is -1.13. The lowest BCUT2D eigenvalue weighted by Gasteiger charge is -2.36. The molecule has 0 aromatic heterocycles. The van der Waals surface area contributed by atoms with Crippen molar-refractivity contribution in [3.8, 4) is 0 Å². The maximum atomic E-state index is 12.5. The van der Waals surface area contributed by atoms with E-state index in [-0.39, 0.29) is 17.2 Å². The summed E-state index contributed by atoms with van der Waals surface area (Å²) in [6, 6.07) is 11.4. The van der Waals surface area contributed by atoms with Crippen LogP contribution >= 0.6 is 11.6 Å². The van der Waals surface area contributed by atoms with Crippen LogP contribution in [0.1, 0.15) is 20.7 Å². The molecule has 9 nitrogen and oxygen atoms in total. The summed E-state index contributed by atoms with van der Waals surface area (Å²) in [5.74, 6) is -1.62. The molecule has 0 unspecified atom stereocenters. The normalized spacial score (nSPS) is 14.1. The number of ether oxygens (including phenoxy) is 1. The van der Waals surface area contributed by atoms with Crippen LogP contribution in [0.15, 0.2) is 42.5 Å². The Morgan fingerprint density at radius 3 is 2.52 bits per heavy atom. The highest BCUT2D eigenvalue weighted by Gasteiger charge is 2.21. The molecule has 1 saturated heterocycles. The number of aromatic carboxylic acids is 1. The van der Waals surface area contributed by atoms with Gasteiger partial charge in [-0.25, -0.2) is 4.79 Å². The number of hydrogen-bond acceptors (Lipinski definition) is 6. The summed E-state index contributed by atoms with van der Waals surface area (Å²) in [5.41, 5.74) is 1.30. The maximum Gasteiger partial charge on any atom is 0.337 e. The summed E-state index contributed by atoms with van der Waals surface area (Å²) in [5, 5.41) is 15.6. The maximum absolute atomic E-state index is 12.5. The van der Waals surface area contributed by atoms with Crippen LogP contribution in [-0.2, 0) is 9.53 Å². The van der Waals surface area contributed by atoms with Gasteiger partial charge in [-0.15, -0.1) is 0 Å². The van der Waals surface area contributed by atoms with Crippen LogP contribution in [0.2, 0.25) is 5.02 Å². The van der Waals surface area contributed by atoms with Crippen molar-refractivity contribution in [3.63, 3.8) is 0 Å². The molecule has 176 valence electrons. The summed E-state index contributed by atoms with van der Waals surface area (Å²) in [6.45, 7) is 3.92. The van der Waals surface area contributed by atoms with E-state index in [4.69, 9.17) is 16.3 Å². The van der Waals surface area contributed by atoms with Crippen molar-refractivity contribution >= 4 is 40.8 Å². The molecule has 2 aromatic carbocycles. The molecule has 0 aliphatic carbocycles. The van der Waals surface area contributed by atoms with Crippen LogP contribution in [0, 0.1) is 0 Å². The van der Waals surface area contributed by atoms with Gasteiger partial charge in [0.1, 0.15) is 0 Å². The van der Waals surface area contributed by atoms with E-state index < -0.39 is 11.9 Å². The Morgan fingerprint density at radius 1 is 1.09 bits per heavy atom. The Morgan fingerprint density at radius 2 is 1.85 bits per heavy atom. The first kappa shape index (κ1) is 24.5. The van der Waals surface area contributed by atoms with E-state index in [1.165, 1.54) is 6.07 Å². The second-order valence-electron chi connectivity index (χ2n) is 7.61. The predicted molar refractivity (Wildman–Crippen MR) is 126 cm³/mol. The van der Waals surface area contributed by atoms with Crippen molar-refractivity contribution in [2.45, 2.75) is 0 Å². The van der Waals surface area contributed by atoms with Gasteiger partial charge in [0.05, 0.1) is 24.4 Å². The van der Waals surface area contributed by atoms with Crippen LogP contribution in [0.3, 0.4) is 0 Å². The van der Waals surface area contributed by atoms with E-state index in [0.29, 0.717) is 56.5 Å². The average molecular weight is 475 g/mol. The second-order valence-corrected chi connectivity index (χ2v) is 8.04. The van der Waals surface area contributed by atoms with E-state index in [9.17, 15) is 19.5 Å². The molecule has 0 spiro atoms. The fourth-order valence-corrected chi connectivity index (χ4v) is 3.75. The van der Waals surface area contributed by atoms with Crippen molar-refractivity contribution in [3.05, 3.63) is 58.6 Å². The number of carboxylic acid groups (broad SMARTS) is 1. The lowest BCUT2D eigenvalue weighted by Crippen LogP contribution is -2.49. The van der Waals surface area contributed by atoms with Gasteiger partial charge < -0.3 is 25.4 Å². The van der Waals surface area contributed by atoms with Gasteiger partial charge >= 0.3 is 5.97 Å². The van der Waals surface area contributed by atoms with Crippen LogP contribution in [-0.4, -0.2) is 80.8 Å². The SMILES string of the molecule is COCCNC(=O)CN1CCN(c2ccc(NC(=O)c3cccc(Cl)c3)c(C(=O)O)c2)CC1. The summed E-state index contributed by atoms with van der Waals surface area (Å²) in [6.07, 6.45) is 0. The van der Waals surface area contributed by atoms with Crippen LogP contribution in [0.5, 0.6) is 0 Å². The van der Waals surface area contributed by atoms with E-state index in [1.54, 1.807) is 43.5 Å². The summed E-state index contributed by atoms with van der Waals surface area (Å²) < 4.78 is 4.92. The number of carbonyl (C=O) groups excluding carboxylic acids is 2. The minimum absolute atomic E-state index is 0.00262. The molecule has 33 heavy (non-hydrogen) atoms. The number of methoxy groups -OCH3 is 1. The Kier molecular flexibility index (Phi) is 8.65. The Balaban J connectivity index is 1.62. The lowest BCUT2D eigenvalue weighted by atomic mass is 10.1. The molecule has 1 heterocycles. The van der Waals surface area contributed by atoms with Crippen molar-refractivity contribution in [1.29, 1.82) is 0 Å². The third-order valence-corrected chi connectivity index (χ3v) is 5.54. The van der Waals surface area contributed by atoms with Gasteiger partial charge in [-0.3, -0.25) is 14.5 Å². The number of carboxylic acids is 1. The van der Waals surface area contributed by atoms with Crippen molar-refractivity contribution in [2.75, 3.05) is 63.2 Å². The minimum Gasteiger partial charge on any atom is -0.478 e. The molecular formula is C23H27ClN4O5. The zero-order chi connectivity index (χ0) is 23.8. The number of piperazine rings is 1. The summed E-state index contributed by atoms with van der Waals surface area (Å²) in [4.78, 5) is 40.5. The highest BCUT2D eigenvalue weighted by molar-refractivity contribution is 6.31. The number of nitrogens with zero attached hydrogens (tertiary/aromatic N) is 2. The molecule has 0 saturated carbocycles. The van der Waals surface area contributed by atoms with Crippen LogP contribution in [0.4, 0.5) is 11.4 Å². The number of nitrogens with one attached hydrogen (secondary N) is 2. The van der Waals surface area contributed by atoms with E-state index in [0.717, 1.165) is 5.69 Å². The summed E-state index contributed by atoms with van der Waals surface area (Å²) in [7, 11) is 1.58.